The van der Waals surface area contributed by atoms with Gasteiger partial charge in [-0.25, -0.2) is 4.98 Å². The van der Waals surface area contributed by atoms with Crippen molar-refractivity contribution in [3.63, 3.8) is 0 Å². The molecule has 1 aromatic carbocycles. The maximum absolute atomic E-state index is 10.7. The number of para-hydroxylation sites is 1. The van der Waals surface area contributed by atoms with Crippen LogP contribution in [-0.2, 0) is 0 Å². The number of pyridine rings is 1. The quantitative estimate of drug-likeness (QED) is 0.576. The second kappa shape index (κ2) is 5.48. The van der Waals surface area contributed by atoms with E-state index in [1.807, 2.05) is 37.3 Å². The van der Waals surface area contributed by atoms with Gasteiger partial charge in [-0.2, -0.15) is 0 Å². The first-order chi connectivity index (χ1) is 10.5. The average Bonchev–Trinajstić information content (AvgIpc) is 2.93. The minimum atomic E-state index is -0.452. The molecule has 0 amide bonds. The van der Waals surface area contributed by atoms with Gasteiger partial charge in [-0.05, 0) is 31.5 Å². The van der Waals surface area contributed by atoms with Crippen LogP contribution >= 0.6 is 0 Å². The lowest BCUT2D eigenvalue weighted by Crippen LogP contribution is -2.08. The maximum atomic E-state index is 10.7. The SMILES string of the molecule is Cc1cc([N+](=O)[O-])cnc1N[C@H](C)c1cc2ccccc2o1. The van der Waals surface area contributed by atoms with Crippen LogP contribution < -0.4 is 5.32 Å². The lowest BCUT2D eigenvalue weighted by molar-refractivity contribution is -0.385. The molecule has 0 saturated heterocycles. The number of nitrogens with one attached hydrogen (secondary N) is 1. The molecule has 0 radical (unpaired) electrons. The summed E-state index contributed by atoms with van der Waals surface area (Å²) < 4.78 is 5.81. The highest BCUT2D eigenvalue weighted by Crippen LogP contribution is 2.27. The summed E-state index contributed by atoms with van der Waals surface area (Å²) in [6.45, 7) is 3.74. The molecule has 1 N–H and O–H groups in total. The second-order valence-corrected chi connectivity index (χ2v) is 5.17. The van der Waals surface area contributed by atoms with Gasteiger partial charge < -0.3 is 9.73 Å². The normalized spacial score (nSPS) is 12.3. The molecule has 0 aliphatic rings. The van der Waals surface area contributed by atoms with Crippen molar-refractivity contribution in [3.05, 3.63) is 64.0 Å². The van der Waals surface area contributed by atoms with Crippen LogP contribution in [0.2, 0.25) is 0 Å². The summed E-state index contributed by atoms with van der Waals surface area (Å²) in [5.41, 5.74) is 1.54. The number of aromatic nitrogens is 1. The predicted octanol–water partition coefficient (Wildman–Crippen LogP) is 4.22. The van der Waals surface area contributed by atoms with E-state index in [1.54, 1.807) is 6.92 Å². The Labute approximate surface area is 126 Å². The van der Waals surface area contributed by atoms with Crippen LogP contribution in [0.25, 0.3) is 11.0 Å². The Kier molecular flexibility index (Phi) is 3.50. The fourth-order valence-corrected chi connectivity index (χ4v) is 2.30. The largest absolute Gasteiger partial charge is 0.459 e. The topological polar surface area (TPSA) is 81.2 Å². The molecule has 3 aromatic rings. The summed E-state index contributed by atoms with van der Waals surface area (Å²) in [5, 5.41) is 15.0. The van der Waals surface area contributed by atoms with Gasteiger partial charge >= 0.3 is 0 Å². The van der Waals surface area contributed by atoms with Crippen molar-refractivity contribution in [3.8, 4) is 0 Å². The molecule has 22 heavy (non-hydrogen) atoms. The maximum Gasteiger partial charge on any atom is 0.287 e. The van der Waals surface area contributed by atoms with E-state index >= 15 is 0 Å². The van der Waals surface area contributed by atoms with Crippen LogP contribution in [0.15, 0.2) is 47.0 Å². The van der Waals surface area contributed by atoms with Crippen molar-refractivity contribution in [2.75, 3.05) is 5.32 Å². The number of hydrogen-bond acceptors (Lipinski definition) is 5. The Hall–Kier alpha value is -2.89. The molecule has 0 saturated carbocycles. The molecule has 3 rings (SSSR count). The molecule has 2 heterocycles. The Bertz CT molecular complexity index is 809. The number of hydrogen-bond donors (Lipinski definition) is 1. The number of nitro groups is 1. The molecule has 1 atom stereocenters. The zero-order valence-electron chi connectivity index (χ0n) is 12.2. The highest BCUT2D eigenvalue weighted by Gasteiger charge is 2.15. The molecule has 6 heteroatoms. The van der Waals surface area contributed by atoms with Crippen LogP contribution in [0, 0.1) is 17.0 Å². The van der Waals surface area contributed by atoms with Crippen LogP contribution in [0.1, 0.15) is 24.3 Å². The number of benzene rings is 1. The van der Waals surface area contributed by atoms with E-state index in [9.17, 15) is 10.1 Å². The number of fused-ring (bicyclic) bond motifs is 1. The van der Waals surface area contributed by atoms with Gasteiger partial charge in [0.05, 0.1) is 11.0 Å². The van der Waals surface area contributed by atoms with Crippen molar-refractivity contribution in [2.45, 2.75) is 19.9 Å². The van der Waals surface area contributed by atoms with Crippen LogP contribution in [-0.4, -0.2) is 9.91 Å². The Morgan fingerprint density at radius 1 is 1.32 bits per heavy atom. The van der Waals surface area contributed by atoms with Crippen molar-refractivity contribution in [1.29, 1.82) is 0 Å². The van der Waals surface area contributed by atoms with Crippen LogP contribution in [0.5, 0.6) is 0 Å². The summed E-state index contributed by atoms with van der Waals surface area (Å²) >= 11 is 0. The van der Waals surface area contributed by atoms with Gasteiger partial charge in [0.1, 0.15) is 23.4 Å². The highest BCUT2D eigenvalue weighted by molar-refractivity contribution is 5.77. The summed E-state index contributed by atoms with van der Waals surface area (Å²) in [4.78, 5) is 14.4. The highest BCUT2D eigenvalue weighted by atomic mass is 16.6. The van der Waals surface area contributed by atoms with Gasteiger partial charge in [0.2, 0.25) is 0 Å². The first-order valence-electron chi connectivity index (χ1n) is 6.90. The van der Waals surface area contributed by atoms with Gasteiger partial charge in [-0.1, -0.05) is 18.2 Å². The smallest absolute Gasteiger partial charge is 0.287 e. The van der Waals surface area contributed by atoms with Crippen molar-refractivity contribution < 1.29 is 9.34 Å². The van der Waals surface area contributed by atoms with E-state index in [1.165, 1.54) is 12.3 Å². The lowest BCUT2D eigenvalue weighted by atomic mass is 10.2. The van der Waals surface area contributed by atoms with E-state index < -0.39 is 4.92 Å². The Morgan fingerprint density at radius 2 is 2.09 bits per heavy atom. The van der Waals surface area contributed by atoms with E-state index in [0.29, 0.717) is 5.82 Å². The zero-order chi connectivity index (χ0) is 15.7. The minimum Gasteiger partial charge on any atom is -0.459 e. The number of anilines is 1. The first kappa shape index (κ1) is 14.1. The molecule has 0 aliphatic heterocycles. The van der Waals surface area contributed by atoms with Crippen molar-refractivity contribution >= 4 is 22.5 Å². The number of furan rings is 1. The molecule has 0 fully saturated rings. The number of rotatable bonds is 4. The third-order valence-corrected chi connectivity index (χ3v) is 3.50. The molecular weight excluding hydrogens is 282 g/mol. The summed E-state index contributed by atoms with van der Waals surface area (Å²) in [5.74, 6) is 1.40. The minimum absolute atomic E-state index is 0.0144. The van der Waals surface area contributed by atoms with Crippen molar-refractivity contribution in [2.24, 2.45) is 0 Å². The Morgan fingerprint density at radius 3 is 2.77 bits per heavy atom. The lowest BCUT2D eigenvalue weighted by Gasteiger charge is -2.13. The van der Waals surface area contributed by atoms with Gasteiger partial charge in [0.15, 0.2) is 0 Å². The fraction of sp³-hybridized carbons (Fsp3) is 0.188. The summed E-state index contributed by atoms with van der Waals surface area (Å²) in [6, 6.07) is 11.2. The van der Waals surface area contributed by atoms with E-state index in [0.717, 1.165) is 22.3 Å². The van der Waals surface area contributed by atoms with Crippen molar-refractivity contribution in [1.82, 2.24) is 4.98 Å². The van der Waals surface area contributed by atoms with Crippen LogP contribution in [0.3, 0.4) is 0 Å². The van der Waals surface area contributed by atoms with Gasteiger partial charge in [-0.15, -0.1) is 0 Å². The third-order valence-electron chi connectivity index (χ3n) is 3.50. The third kappa shape index (κ3) is 2.63. The molecule has 2 aromatic heterocycles. The second-order valence-electron chi connectivity index (χ2n) is 5.17. The fourth-order valence-electron chi connectivity index (χ4n) is 2.30. The van der Waals surface area contributed by atoms with Gasteiger partial charge in [0, 0.05) is 11.5 Å². The van der Waals surface area contributed by atoms with E-state index in [4.69, 9.17) is 4.42 Å². The molecular formula is C16H15N3O3. The number of nitrogens with zero attached hydrogens (tertiary/aromatic N) is 2. The molecule has 112 valence electrons. The molecule has 0 spiro atoms. The Balaban J connectivity index is 1.84. The first-order valence-corrected chi connectivity index (χ1v) is 6.90. The average molecular weight is 297 g/mol. The van der Waals surface area contributed by atoms with E-state index in [2.05, 4.69) is 10.3 Å². The predicted molar refractivity (Wildman–Crippen MR) is 83.9 cm³/mol. The molecule has 6 nitrogen and oxygen atoms in total. The standard InChI is InChI=1S/C16H15N3O3/c1-10-7-13(19(20)21)9-17-16(10)18-11(2)15-8-12-5-3-4-6-14(12)22-15/h3-9,11H,1-2H3,(H,17,18)/t11-/m1/s1. The van der Waals surface area contributed by atoms with E-state index in [-0.39, 0.29) is 11.7 Å². The van der Waals surface area contributed by atoms with Crippen LogP contribution in [0.4, 0.5) is 11.5 Å². The van der Waals surface area contributed by atoms with Gasteiger partial charge in [-0.3, -0.25) is 10.1 Å². The summed E-state index contributed by atoms with van der Waals surface area (Å²) in [6.07, 6.45) is 1.25. The summed E-state index contributed by atoms with van der Waals surface area (Å²) in [7, 11) is 0. The molecule has 0 aliphatic carbocycles. The zero-order valence-corrected chi connectivity index (χ0v) is 12.2. The monoisotopic (exact) mass is 297 g/mol. The number of aryl methyl sites for hydroxylation is 1. The molecule has 0 unspecified atom stereocenters. The van der Waals surface area contributed by atoms with Gasteiger partial charge in [0.25, 0.3) is 5.69 Å². The molecule has 0 bridgehead atoms.